The van der Waals surface area contributed by atoms with Gasteiger partial charge in [-0.15, -0.1) is 0 Å². The summed E-state index contributed by atoms with van der Waals surface area (Å²) in [5.41, 5.74) is 8.28. The maximum Gasteiger partial charge on any atom is 0.247 e. The van der Waals surface area contributed by atoms with E-state index in [0.717, 1.165) is 29.3 Å². The number of carbonyl (C=O) groups excluding carboxylic acids is 1. The maximum absolute atomic E-state index is 14.3. The van der Waals surface area contributed by atoms with Gasteiger partial charge in [0.15, 0.2) is 0 Å². The molecule has 3 heterocycles. The fourth-order valence-electron chi connectivity index (χ4n) is 7.21. The van der Waals surface area contributed by atoms with Crippen LogP contribution in [0.15, 0.2) is 36.4 Å². The minimum Gasteiger partial charge on any atom is -0.373 e. The molecular weight excluding hydrogens is 451 g/mol. The third kappa shape index (κ3) is 4.66. The number of nitrogens with one attached hydrogen (secondary N) is 3. The maximum atomic E-state index is 14.3. The fourth-order valence-corrected chi connectivity index (χ4v) is 7.21. The fraction of sp³-hybridized carbons (Fsp3) is 0.567. The topological polar surface area (TPSA) is 56.4 Å². The van der Waals surface area contributed by atoms with Crippen molar-refractivity contribution in [2.75, 3.05) is 10.6 Å². The summed E-state index contributed by atoms with van der Waals surface area (Å²) in [6.45, 7) is 1.94. The molecule has 4 unspecified atom stereocenters. The quantitative estimate of drug-likeness (QED) is 0.443. The molecule has 5 nitrogen and oxygen atoms in total. The smallest absolute Gasteiger partial charge is 0.247 e. The Balaban J connectivity index is 1.12. The molecule has 3 aliphatic heterocycles. The molecule has 2 aromatic carbocycles. The molecule has 1 saturated carbocycles. The first-order valence-corrected chi connectivity index (χ1v) is 14.1. The average molecular weight is 491 g/mol. The number of piperidine rings is 1. The lowest BCUT2D eigenvalue weighted by Gasteiger charge is -2.41. The monoisotopic (exact) mass is 490 g/mol. The number of rotatable bonds is 4. The van der Waals surface area contributed by atoms with Crippen LogP contribution in [0.3, 0.4) is 0 Å². The predicted molar refractivity (Wildman–Crippen MR) is 142 cm³/mol. The summed E-state index contributed by atoms with van der Waals surface area (Å²) in [7, 11) is 0. The minimum absolute atomic E-state index is 0.118. The number of anilines is 2. The van der Waals surface area contributed by atoms with E-state index in [1.807, 2.05) is 19.1 Å². The van der Waals surface area contributed by atoms with Crippen molar-refractivity contribution in [1.29, 1.82) is 0 Å². The number of carbonyl (C=O) groups is 1. The number of hydrogen-bond acceptors (Lipinski definition) is 4. The minimum atomic E-state index is -0.460. The van der Waals surface area contributed by atoms with Gasteiger partial charge in [-0.1, -0.05) is 50.3 Å². The Morgan fingerprint density at radius 1 is 1.03 bits per heavy atom. The van der Waals surface area contributed by atoms with Gasteiger partial charge in [0.05, 0.1) is 0 Å². The van der Waals surface area contributed by atoms with E-state index in [-0.39, 0.29) is 17.8 Å². The van der Waals surface area contributed by atoms with Crippen molar-refractivity contribution in [1.82, 2.24) is 10.4 Å². The van der Waals surface area contributed by atoms with Crippen LogP contribution in [0.25, 0.3) is 0 Å². The summed E-state index contributed by atoms with van der Waals surface area (Å²) in [5, 5.41) is 8.95. The predicted octanol–water partition coefficient (Wildman–Crippen LogP) is 6.25. The third-order valence-corrected chi connectivity index (χ3v) is 9.11. The van der Waals surface area contributed by atoms with E-state index in [2.05, 4.69) is 33.2 Å². The van der Waals surface area contributed by atoms with Crippen molar-refractivity contribution >= 4 is 17.3 Å². The number of halogens is 1. The van der Waals surface area contributed by atoms with Crippen molar-refractivity contribution in [2.45, 2.75) is 102 Å². The lowest BCUT2D eigenvalue weighted by Crippen LogP contribution is -2.51. The van der Waals surface area contributed by atoms with E-state index in [1.165, 1.54) is 69.4 Å². The van der Waals surface area contributed by atoms with E-state index in [1.54, 1.807) is 6.07 Å². The third-order valence-electron chi connectivity index (χ3n) is 9.11. The molecule has 2 saturated heterocycles. The van der Waals surface area contributed by atoms with Crippen molar-refractivity contribution in [3.05, 3.63) is 58.9 Å². The Bertz CT molecular complexity index is 1080. The van der Waals surface area contributed by atoms with E-state index in [0.29, 0.717) is 24.1 Å². The first kappa shape index (κ1) is 23.9. The Morgan fingerprint density at radius 3 is 2.67 bits per heavy atom. The van der Waals surface area contributed by atoms with Crippen molar-refractivity contribution in [2.24, 2.45) is 5.92 Å². The number of benzene rings is 2. The van der Waals surface area contributed by atoms with Crippen LogP contribution >= 0.6 is 0 Å². The Kier molecular flexibility index (Phi) is 6.74. The number of hydrazine groups is 1. The van der Waals surface area contributed by atoms with Gasteiger partial charge in [0.2, 0.25) is 5.91 Å². The zero-order chi connectivity index (χ0) is 24.6. The van der Waals surface area contributed by atoms with Crippen LogP contribution in [0.1, 0.15) is 86.9 Å². The van der Waals surface area contributed by atoms with E-state index in [9.17, 15) is 9.18 Å². The zero-order valence-corrected chi connectivity index (χ0v) is 21.4. The highest BCUT2D eigenvalue weighted by Crippen LogP contribution is 2.41. The molecule has 6 heteroatoms. The van der Waals surface area contributed by atoms with Crippen LogP contribution in [0.5, 0.6) is 0 Å². The molecule has 2 aromatic rings. The first-order valence-electron chi connectivity index (χ1n) is 14.1. The van der Waals surface area contributed by atoms with Crippen LogP contribution in [-0.4, -0.2) is 29.0 Å². The Morgan fingerprint density at radius 2 is 1.86 bits per heavy atom. The van der Waals surface area contributed by atoms with E-state index in [4.69, 9.17) is 0 Å². The molecule has 36 heavy (non-hydrogen) atoms. The molecule has 4 atom stereocenters. The van der Waals surface area contributed by atoms with Gasteiger partial charge in [-0.3, -0.25) is 4.79 Å². The number of nitrogens with zero attached hydrogens (tertiary/aromatic N) is 1. The van der Waals surface area contributed by atoms with Crippen LogP contribution in [0.4, 0.5) is 15.8 Å². The van der Waals surface area contributed by atoms with E-state index < -0.39 is 6.04 Å². The average Bonchev–Trinajstić information content (AvgIpc) is 3.45. The largest absolute Gasteiger partial charge is 0.373 e. The first-order chi connectivity index (χ1) is 17.6. The van der Waals surface area contributed by atoms with Gasteiger partial charge < -0.3 is 10.6 Å². The normalized spacial score (nSPS) is 28.7. The molecule has 0 spiro atoms. The molecule has 3 N–H and O–H groups in total. The van der Waals surface area contributed by atoms with Gasteiger partial charge in [0.1, 0.15) is 11.9 Å². The second-order valence-electron chi connectivity index (χ2n) is 11.5. The highest BCUT2D eigenvalue weighted by molar-refractivity contribution is 5.98. The zero-order valence-electron chi connectivity index (χ0n) is 21.4. The lowest BCUT2D eigenvalue weighted by molar-refractivity contribution is -0.116. The molecule has 1 amide bonds. The molecule has 192 valence electrons. The highest BCUT2D eigenvalue weighted by Gasteiger charge is 2.42. The summed E-state index contributed by atoms with van der Waals surface area (Å²) in [6.07, 6.45) is 13.8. The number of hydrogen-bond donors (Lipinski definition) is 3. The van der Waals surface area contributed by atoms with Crippen molar-refractivity contribution < 1.29 is 9.18 Å². The summed E-state index contributed by atoms with van der Waals surface area (Å²) in [5.74, 6) is 0.461. The van der Waals surface area contributed by atoms with Gasteiger partial charge in [-0.05, 0) is 74.3 Å². The van der Waals surface area contributed by atoms with Gasteiger partial charge in [0, 0.05) is 41.5 Å². The summed E-state index contributed by atoms with van der Waals surface area (Å²) < 4.78 is 14.3. The summed E-state index contributed by atoms with van der Waals surface area (Å²) in [6, 6.07) is 12.6. The molecule has 4 aliphatic rings. The van der Waals surface area contributed by atoms with E-state index >= 15 is 0 Å². The molecule has 6 rings (SSSR count). The molecule has 1 aliphatic carbocycles. The number of fused-ring (bicyclic) bond motifs is 2. The van der Waals surface area contributed by atoms with Crippen LogP contribution < -0.4 is 16.1 Å². The molecule has 0 aromatic heterocycles. The van der Waals surface area contributed by atoms with Crippen LogP contribution in [0, 0.1) is 18.7 Å². The van der Waals surface area contributed by atoms with Gasteiger partial charge in [-0.2, -0.15) is 0 Å². The van der Waals surface area contributed by atoms with Gasteiger partial charge >= 0.3 is 0 Å². The Labute approximate surface area is 214 Å². The SMILES string of the molecule is Cc1ccc(F)c2c1NC(C(=O)Nc1cccc(C3CC4CCCC(C5CCCCCC5)N4N3)c1)C2. The lowest BCUT2D eigenvalue weighted by atomic mass is 9.84. The summed E-state index contributed by atoms with van der Waals surface area (Å²) in [4.78, 5) is 13.1. The van der Waals surface area contributed by atoms with Crippen LogP contribution in [-0.2, 0) is 11.2 Å². The second kappa shape index (κ2) is 10.1. The molecule has 0 bridgehead atoms. The van der Waals surface area contributed by atoms with Crippen molar-refractivity contribution in [3.8, 4) is 0 Å². The number of aryl methyl sites for hydroxylation is 1. The number of amides is 1. The Hall–Kier alpha value is -2.44. The standard InChI is InChI=1S/C30H39FN4O/c1-19-14-15-25(31)24-18-27(33-29(19)24)30(36)32-22-11-6-10-21(16-22)26-17-23-12-7-13-28(35(23)34-26)20-8-4-2-3-5-9-20/h6,10-11,14-16,20,23,26-28,33-34H,2-5,7-9,12-13,17-18H2,1H3,(H,32,36). The second-order valence-corrected chi connectivity index (χ2v) is 11.5. The van der Waals surface area contributed by atoms with Crippen molar-refractivity contribution in [3.63, 3.8) is 0 Å². The highest BCUT2D eigenvalue weighted by atomic mass is 19.1. The molecule has 0 radical (unpaired) electrons. The molecule has 3 fully saturated rings. The summed E-state index contributed by atoms with van der Waals surface area (Å²) >= 11 is 0. The van der Waals surface area contributed by atoms with Gasteiger partial charge in [-0.25, -0.2) is 14.8 Å². The van der Waals surface area contributed by atoms with Gasteiger partial charge in [0.25, 0.3) is 0 Å². The van der Waals surface area contributed by atoms with Crippen LogP contribution in [0.2, 0.25) is 0 Å². The molecular formula is C30H39FN4O.